The van der Waals surface area contributed by atoms with E-state index in [1.54, 1.807) is 0 Å². The van der Waals surface area contributed by atoms with Gasteiger partial charge in [-0.3, -0.25) is 0 Å². The average molecular weight is 324 g/mol. The van der Waals surface area contributed by atoms with Gasteiger partial charge in [-0.1, -0.05) is 86.6 Å². The lowest BCUT2D eigenvalue weighted by Gasteiger charge is -2.14. The van der Waals surface area contributed by atoms with E-state index in [4.69, 9.17) is 9.97 Å². The van der Waals surface area contributed by atoms with E-state index < -0.39 is 0 Å². The summed E-state index contributed by atoms with van der Waals surface area (Å²) in [6.45, 7) is 4.27. The molecule has 3 aromatic carbocycles. The van der Waals surface area contributed by atoms with Crippen molar-refractivity contribution in [2.75, 3.05) is 0 Å². The van der Waals surface area contributed by atoms with Crippen LogP contribution < -0.4 is 0 Å². The molecule has 0 N–H and O–H groups in total. The van der Waals surface area contributed by atoms with E-state index in [0.717, 1.165) is 28.0 Å². The minimum absolute atomic E-state index is 0.284. The zero-order valence-corrected chi connectivity index (χ0v) is 14.5. The van der Waals surface area contributed by atoms with Gasteiger partial charge in [0.05, 0.1) is 11.2 Å². The van der Waals surface area contributed by atoms with Gasteiger partial charge in [0.1, 0.15) is 5.82 Å². The van der Waals surface area contributed by atoms with Crippen molar-refractivity contribution in [1.82, 2.24) is 9.97 Å². The molecule has 0 aliphatic carbocycles. The van der Waals surface area contributed by atoms with E-state index in [-0.39, 0.29) is 5.92 Å². The first-order valence-electron chi connectivity index (χ1n) is 8.65. The minimum Gasteiger partial charge on any atom is -0.233 e. The van der Waals surface area contributed by atoms with Crippen molar-refractivity contribution in [2.24, 2.45) is 0 Å². The first-order valence-corrected chi connectivity index (χ1v) is 8.65. The summed E-state index contributed by atoms with van der Waals surface area (Å²) < 4.78 is 0. The van der Waals surface area contributed by atoms with Crippen LogP contribution in [0.3, 0.4) is 0 Å². The molecular weight excluding hydrogens is 304 g/mol. The van der Waals surface area contributed by atoms with E-state index in [1.165, 1.54) is 11.1 Å². The third kappa shape index (κ3) is 2.91. The summed E-state index contributed by atoms with van der Waals surface area (Å²) in [5.74, 6) is 1.17. The molecule has 0 aliphatic rings. The third-order valence-electron chi connectivity index (χ3n) is 4.39. The van der Waals surface area contributed by atoms with Crippen LogP contribution in [0.1, 0.15) is 25.6 Å². The molecule has 4 aromatic rings. The molecule has 2 nitrogen and oxygen atoms in total. The second-order valence-corrected chi connectivity index (χ2v) is 6.52. The second-order valence-electron chi connectivity index (χ2n) is 6.52. The van der Waals surface area contributed by atoms with Crippen molar-refractivity contribution in [3.63, 3.8) is 0 Å². The first kappa shape index (κ1) is 15.5. The molecule has 0 spiro atoms. The molecule has 25 heavy (non-hydrogen) atoms. The highest BCUT2D eigenvalue weighted by Gasteiger charge is 2.15. The fourth-order valence-electron chi connectivity index (χ4n) is 3.12. The SMILES string of the molecule is CC(C)c1nc(-c2ccccc2)c2c(-c3ccccc3)cccc2n1. The molecule has 0 aliphatic heterocycles. The van der Waals surface area contributed by atoms with Gasteiger partial charge < -0.3 is 0 Å². The van der Waals surface area contributed by atoms with E-state index in [2.05, 4.69) is 80.6 Å². The minimum atomic E-state index is 0.284. The van der Waals surface area contributed by atoms with Crippen molar-refractivity contribution < 1.29 is 0 Å². The smallest absolute Gasteiger partial charge is 0.132 e. The predicted octanol–water partition coefficient (Wildman–Crippen LogP) is 6.09. The zero-order valence-electron chi connectivity index (χ0n) is 14.5. The molecular formula is C23H20N2. The van der Waals surface area contributed by atoms with Crippen LogP contribution in [0.15, 0.2) is 78.9 Å². The van der Waals surface area contributed by atoms with Gasteiger partial charge in [-0.2, -0.15) is 0 Å². The fourth-order valence-corrected chi connectivity index (χ4v) is 3.12. The van der Waals surface area contributed by atoms with Gasteiger partial charge in [0.2, 0.25) is 0 Å². The molecule has 0 radical (unpaired) electrons. The Morgan fingerprint density at radius 3 is 1.92 bits per heavy atom. The van der Waals surface area contributed by atoms with Crippen LogP contribution >= 0.6 is 0 Å². The molecule has 122 valence electrons. The molecule has 0 saturated carbocycles. The number of hydrogen-bond donors (Lipinski definition) is 0. The largest absolute Gasteiger partial charge is 0.233 e. The zero-order chi connectivity index (χ0) is 17.2. The molecule has 0 bridgehead atoms. The summed E-state index contributed by atoms with van der Waals surface area (Å²) in [6.07, 6.45) is 0. The second kappa shape index (κ2) is 6.48. The molecule has 0 unspecified atom stereocenters. The molecule has 0 saturated heterocycles. The molecule has 0 amide bonds. The maximum absolute atomic E-state index is 4.95. The molecule has 2 heteroatoms. The maximum atomic E-state index is 4.95. The Balaban J connectivity index is 2.09. The Labute approximate surface area is 148 Å². The van der Waals surface area contributed by atoms with Crippen molar-refractivity contribution in [2.45, 2.75) is 19.8 Å². The number of fused-ring (bicyclic) bond motifs is 1. The van der Waals surface area contributed by atoms with Gasteiger partial charge >= 0.3 is 0 Å². The first-order chi connectivity index (χ1) is 12.2. The van der Waals surface area contributed by atoms with Crippen LogP contribution in [-0.4, -0.2) is 9.97 Å². The van der Waals surface area contributed by atoms with E-state index in [9.17, 15) is 0 Å². The third-order valence-corrected chi connectivity index (χ3v) is 4.39. The van der Waals surface area contributed by atoms with Crippen LogP contribution in [-0.2, 0) is 0 Å². The molecule has 1 heterocycles. The summed E-state index contributed by atoms with van der Waals surface area (Å²) in [4.78, 5) is 9.78. The standard InChI is InChI=1S/C23H20N2/c1-16(2)23-24-20-15-9-14-19(17-10-5-3-6-11-17)21(20)22(25-23)18-12-7-4-8-13-18/h3-16H,1-2H3. The van der Waals surface area contributed by atoms with Crippen LogP contribution in [0.25, 0.3) is 33.3 Å². The van der Waals surface area contributed by atoms with Gasteiger partial charge in [0.25, 0.3) is 0 Å². The lowest BCUT2D eigenvalue weighted by molar-refractivity contribution is 0.785. The van der Waals surface area contributed by atoms with Gasteiger partial charge in [0, 0.05) is 16.9 Å². The number of rotatable bonds is 3. The molecule has 0 atom stereocenters. The predicted molar refractivity (Wildman–Crippen MR) is 104 cm³/mol. The number of benzene rings is 3. The number of aromatic nitrogens is 2. The van der Waals surface area contributed by atoms with E-state index in [1.807, 2.05) is 12.1 Å². The van der Waals surface area contributed by atoms with E-state index >= 15 is 0 Å². The van der Waals surface area contributed by atoms with Gasteiger partial charge in [0.15, 0.2) is 0 Å². The van der Waals surface area contributed by atoms with Crippen molar-refractivity contribution in [1.29, 1.82) is 0 Å². The van der Waals surface area contributed by atoms with Gasteiger partial charge in [-0.05, 0) is 17.2 Å². The summed E-state index contributed by atoms with van der Waals surface area (Å²) >= 11 is 0. The van der Waals surface area contributed by atoms with Gasteiger partial charge in [-0.15, -0.1) is 0 Å². The quantitative estimate of drug-likeness (QED) is 0.456. The van der Waals surface area contributed by atoms with Crippen LogP contribution in [0.2, 0.25) is 0 Å². The topological polar surface area (TPSA) is 25.8 Å². The molecule has 0 fully saturated rings. The summed E-state index contributed by atoms with van der Waals surface area (Å²) in [5, 5.41) is 1.12. The summed E-state index contributed by atoms with van der Waals surface area (Å²) in [5.41, 5.74) is 5.49. The van der Waals surface area contributed by atoms with Crippen LogP contribution in [0.4, 0.5) is 0 Å². The Morgan fingerprint density at radius 2 is 1.28 bits per heavy atom. The normalized spacial score (nSPS) is 11.2. The summed E-state index contributed by atoms with van der Waals surface area (Å²) in [6, 6.07) is 27.2. The number of nitrogens with zero attached hydrogens (tertiary/aromatic N) is 2. The Bertz CT molecular complexity index is 1010. The van der Waals surface area contributed by atoms with Crippen molar-refractivity contribution in [3.8, 4) is 22.4 Å². The fraction of sp³-hybridized carbons (Fsp3) is 0.130. The van der Waals surface area contributed by atoms with Crippen LogP contribution in [0.5, 0.6) is 0 Å². The van der Waals surface area contributed by atoms with Crippen molar-refractivity contribution >= 4 is 10.9 Å². The van der Waals surface area contributed by atoms with Crippen molar-refractivity contribution in [3.05, 3.63) is 84.7 Å². The van der Waals surface area contributed by atoms with Gasteiger partial charge in [-0.25, -0.2) is 9.97 Å². The Kier molecular flexibility index (Phi) is 4.02. The summed E-state index contributed by atoms with van der Waals surface area (Å²) in [7, 11) is 0. The highest BCUT2D eigenvalue weighted by Crippen LogP contribution is 2.35. The maximum Gasteiger partial charge on any atom is 0.132 e. The Morgan fingerprint density at radius 1 is 0.640 bits per heavy atom. The lowest BCUT2D eigenvalue weighted by Crippen LogP contribution is -2.01. The number of hydrogen-bond acceptors (Lipinski definition) is 2. The highest BCUT2D eigenvalue weighted by atomic mass is 14.9. The monoisotopic (exact) mass is 324 g/mol. The molecule has 1 aromatic heterocycles. The van der Waals surface area contributed by atoms with E-state index in [0.29, 0.717) is 0 Å². The van der Waals surface area contributed by atoms with Crippen LogP contribution in [0, 0.1) is 0 Å². The Hall–Kier alpha value is -3.00. The lowest BCUT2D eigenvalue weighted by atomic mass is 9.96. The average Bonchev–Trinajstić information content (AvgIpc) is 2.68. The highest BCUT2D eigenvalue weighted by molar-refractivity contribution is 6.03. The molecule has 4 rings (SSSR count).